The Morgan fingerprint density at radius 2 is 2.09 bits per heavy atom. The van der Waals surface area contributed by atoms with Crippen molar-refractivity contribution in [2.75, 3.05) is 0 Å². The van der Waals surface area contributed by atoms with Gasteiger partial charge in [0.15, 0.2) is 5.65 Å². The fraction of sp³-hybridized carbons (Fsp3) is 0. The summed E-state index contributed by atoms with van der Waals surface area (Å²) >= 11 is 5.99. The van der Waals surface area contributed by atoms with Gasteiger partial charge in [0.25, 0.3) is 5.89 Å². The van der Waals surface area contributed by atoms with Gasteiger partial charge in [0, 0.05) is 11.8 Å². The Kier molecular flexibility index (Phi) is 2.87. The molecule has 4 aromatic rings. The third-order valence-electron chi connectivity index (χ3n) is 3.15. The van der Waals surface area contributed by atoms with Crippen LogP contribution in [-0.2, 0) is 0 Å². The van der Waals surface area contributed by atoms with Gasteiger partial charge in [0.05, 0.1) is 10.6 Å². The summed E-state index contributed by atoms with van der Waals surface area (Å²) in [6.07, 6.45) is 3.32. The van der Waals surface area contributed by atoms with Crippen molar-refractivity contribution in [3.05, 3.63) is 53.7 Å². The summed E-state index contributed by atoms with van der Waals surface area (Å²) in [6, 6.07) is 7.91. The van der Waals surface area contributed by atoms with Gasteiger partial charge in [-0.05, 0) is 24.3 Å². The number of pyridine rings is 1. The van der Waals surface area contributed by atoms with Gasteiger partial charge in [0.2, 0.25) is 5.82 Å². The number of nitrogens with zero attached hydrogens (tertiary/aromatic N) is 5. The zero-order valence-electron chi connectivity index (χ0n) is 10.9. The van der Waals surface area contributed by atoms with E-state index in [1.807, 2.05) is 0 Å². The monoisotopic (exact) mass is 315 g/mol. The lowest BCUT2D eigenvalue weighted by Crippen LogP contribution is -1.88. The third kappa shape index (κ3) is 2.03. The second-order valence-corrected chi connectivity index (χ2v) is 4.94. The van der Waals surface area contributed by atoms with E-state index in [2.05, 4.69) is 20.3 Å². The molecule has 0 unspecified atom stereocenters. The Hall–Kier alpha value is -2.80. The van der Waals surface area contributed by atoms with E-state index in [9.17, 15) is 4.39 Å². The lowest BCUT2D eigenvalue weighted by Gasteiger charge is -1.99. The van der Waals surface area contributed by atoms with Gasteiger partial charge in [-0.2, -0.15) is 4.98 Å². The zero-order valence-corrected chi connectivity index (χ0v) is 11.7. The van der Waals surface area contributed by atoms with Crippen LogP contribution < -0.4 is 0 Å². The SMILES string of the molecule is Fc1cccc(Cl)c1-c1nc(-c2ccc3nncn3c2)no1. The second-order valence-electron chi connectivity index (χ2n) is 4.53. The van der Waals surface area contributed by atoms with Crippen LogP contribution in [0.15, 0.2) is 47.4 Å². The summed E-state index contributed by atoms with van der Waals surface area (Å²) in [6.45, 7) is 0. The van der Waals surface area contributed by atoms with Crippen molar-refractivity contribution in [1.82, 2.24) is 24.7 Å². The highest BCUT2D eigenvalue weighted by atomic mass is 35.5. The van der Waals surface area contributed by atoms with Gasteiger partial charge >= 0.3 is 0 Å². The molecule has 0 aliphatic rings. The summed E-state index contributed by atoms with van der Waals surface area (Å²) in [7, 11) is 0. The topological polar surface area (TPSA) is 69.1 Å². The molecule has 6 nitrogen and oxygen atoms in total. The molecule has 0 aliphatic heterocycles. The highest BCUT2D eigenvalue weighted by molar-refractivity contribution is 6.33. The first kappa shape index (κ1) is 12.9. The molecule has 0 bridgehead atoms. The predicted octanol–water partition coefficient (Wildman–Crippen LogP) is 3.24. The molecule has 0 saturated carbocycles. The molecule has 0 saturated heterocycles. The number of benzene rings is 1. The lowest BCUT2D eigenvalue weighted by atomic mass is 10.2. The molecule has 4 rings (SSSR count). The van der Waals surface area contributed by atoms with Crippen LogP contribution in [0.5, 0.6) is 0 Å². The van der Waals surface area contributed by atoms with Crippen LogP contribution in [0.4, 0.5) is 4.39 Å². The average Bonchev–Trinajstić information content (AvgIpc) is 3.15. The van der Waals surface area contributed by atoms with E-state index in [0.717, 1.165) is 0 Å². The van der Waals surface area contributed by atoms with Gasteiger partial charge in [-0.3, -0.25) is 4.40 Å². The maximum Gasteiger partial charge on any atom is 0.262 e. The summed E-state index contributed by atoms with van der Waals surface area (Å²) < 4.78 is 20.7. The Morgan fingerprint density at radius 3 is 2.95 bits per heavy atom. The van der Waals surface area contributed by atoms with E-state index in [1.165, 1.54) is 12.1 Å². The molecular formula is C14H7ClFN5O. The minimum atomic E-state index is -0.517. The molecule has 0 aliphatic carbocycles. The summed E-state index contributed by atoms with van der Waals surface area (Å²) in [5.74, 6) is -0.163. The zero-order chi connectivity index (χ0) is 15.1. The average molecular weight is 316 g/mol. The Morgan fingerprint density at radius 1 is 1.18 bits per heavy atom. The first-order valence-corrected chi connectivity index (χ1v) is 6.68. The largest absolute Gasteiger partial charge is 0.333 e. The van der Waals surface area contributed by atoms with E-state index in [-0.39, 0.29) is 16.5 Å². The Bertz CT molecular complexity index is 960. The molecule has 3 heterocycles. The minimum Gasteiger partial charge on any atom is -0.333 e. The number of hydrogen-bond acceptors (Lipinski definition) is 5. The van der Waals surface area contributed by atoms with Crippen LogP contribution in [0, 0.1) is 5.82 Å². The minimum absolute atomic E-state index is 0.0296. The number of halogens is 2. The number of hydrogen-bond donors (Lipinski definition) is 0. The fourth-order valence-electron chi connectivity index (χ4n) is 2.10. The molecule has 0 spiro atoms. The summed E-state index contributed by atoms with van der Waals surface area (Å²) in [5, 5.41) is 11.8. The maximum absolute atomic E-state index is 13.9. The normalized spacial score (nSPS) is 11.2. The van der Waals surface area contributed by atoms with Gasteiger partial charge in [-0.15, -0.1) is 10.2 Å². The van der Waals surface area contributed by atoms with Crippen molar-refractivity contribution >= 4 is 17.2 Å². The number of fused-ring (bicyclic) bond motifs is 1. The number of rotatable bonds is 2. The Balaban J connectivity index is 1.81. The van der Waals surface area contributed by atoms with Crippen LogP contribution in [-0.4, -0.2) is 24.7 Å². The van der Waals surface area contributed by atoms with Gasteiger partial charge in [-0.1, -0.05) is 22.8 Å². The van der Waals surface area contributed by atoms with E-state index < -0.39 is 5.82 Å². The van der Waals surface area contributed by atoms with Crippen molar-refractivity contribution in [2.24, 2.45) is 0 Å². The molecule has 3 aromatic heterocycles. The maximum atomic E-state index is 13.9. The lowest BCUT2D eigenvalue weighted by molar-refractivity contribution is 0.429. The summed E-state index contributed by atoms with van der Waals surface area (Å²) in [5.41, 5.74) is 1.48. The van der Waals surface area contributed by atoms with Crippen LogP contribution >= 0.6 is 11.6 Å². The molecule has 1 aromatic carbocycles. The molecule has 0 atom stereocenters. The van der Waals surface area contributed by atoms with Gasteiger partial charge in [-0.25, -0.2) is 4.39 Å². The third-order valence-corrected chi connectivity index (χ3v) is 3.47. The van der Waals surface area contributed by atoms with Crippen molar-refractivity contribution in [3.63, 3.8) is 0 Å². The van der Waals surface area contributed by atoms with E-state index in [1.54, 1.807) is 35.1 Å². The first-order valence-electron chi connectivity index (χ1n) is 6.30. The van der Waals surface area contributed by atoms with Crippen LogP contribution in [0.1, 0.15) is 0 Å². The first-order chi connectivity index (χ1) is 10.7. The van der Waals surface area contributed by atoms with E-state index in [0.29, 0.717) is 17.0 Å². The van der Waals surface area contributed by atoms with Gasteiger partial charge in [0.1, 0.15) is 12.1 Å². The molecule has 0 radical (unpaired) electrons. The molecule has 0 N–H and O–H groups in total. The van der Waals surface area contributed by atoms with Gasteiger partial charge < -0.3 is 4.52 Å². The molecule has 0 amide bonds. The smallest absolute Gasteiger partial charge is 0.262 e. The predicted molar refractivity (Wildman–Crippen MR) is 76.7 cm³/mol. The second kappa shape index (κ2) is 4.88. The molecule has 8 heteroatoms. The van der Waals surface area contributed by atoms with Crippen molar-refractivity contribution in [3.8, 4) is 22.8 Å². The van der Waals surface area contributed by atoms with E-state index in [4.69, 9.17) is 16.1 Å². The van der Waals surface area contributed by atoms with Crippen molar-refractivity contribution in [1.29, 1.82) is 0 Å². The quantitative estimate of drug-likeness (QED) is 0.568. The van der Waals surface area contributed by atoms with Crippen LogP contribution in [0.2, 0.25) is 5.02 Å². The van der Waals surface area contributed by atoms with Crippen LogP contribution in [0.3, 0.4) is 0 Å². The summed E-state index contributed by atoms with van der Waals surface area (Å²) in [4.78, 5) is 4.21. The fourth-order valence-corrected chi connectivity index (χ4v) is 2.35. The Labute approximate surface area is 128 Å². The standard InChI is InChI=1S/C14H7ClFN5O/c15-9-2-1-3-10(16)12(9)14-18-13(20-22-14)8-4-5-11-19-17-7-21(11)6-8/h1-7H. The molecule has 108 valence electrons. The van der Waals surface area contributed by atoms with E-state index >= 15 is 0 Å². The van der Waals surface area contributed by atoms with Crippen LogP contribution in [0.25, 0.3) is 28.5 Å². The number of aromatic nitrogens is 5. The van der Waals surface area contributed by atoms with Crippen molar-refractivity contribution < 1.29 is 8.91 Å². The highest BCUT2D eigenvalue weighted by Gasteiger charge is 2.17. The molecular weight excluding hydrogens is 309 g/mol. The van der Waals surface area contributed by atoms with Crippen molar-refractivity contribution in [2.45, 2.75) is 0 Å². The highest BCUT2D eigenvalue weighted by Crippen LogP contribution is 2.30. The molecule has 22 heavy (non-hydrogen) atoms. The molecule has 0 fully saturated rings.